The minimum absolute atomic E-state index is 0.560. The third-order valence-electron chi connectivity index (χ3n) is 3.34. The number of aryl methyl sites for hydroxylation is 2. The van der Waals surface area contributed by atoms with Gasteiger partial charge in [0.15, 0.2) is 0 Å². The van der Waals surface area contributed by atoms with Crippen LogP contribution >= 0.6 is 11.6 Å². The molecule has 1 aromatic heterocycles. The summed E-state index contributed by atoms with van der Waals surface area (Å²) in [7, 11) is 1.83. The van der Waals surface area contributed by atoms with Crippen LogP contribution in [0.1, 0.15) is 44.9 Å². The van der Waals surface area contributed by atoms with Crippen molar-refractivity contribution in [1.82, 2.24) is 15.1 Å². The van der Waals surface area contributed by atoms with E-state index in [1.54, 1.807) is 4.68 Å². The topological polar surface area (TPSA) is 50.1 Å². The Bertz CT molecular complexity index is 413. The van der Waals surface area contributed by atoms with Crippen LogP contribution in [0.4, 0.5) is 0 Å². The van der Waals surface area contributed by atoms with E-state index in [0.29, 0.717) is 24.2 Å². The number of aromatic nitrogens is 2. The quantitative estimate of drug-likeness (QED) is 0.811. The molecule has 1 rings (SSSR count). The van der Waals surface area contributed by atoms with Crippen LogP contribution in [0.3, 0.4) is 0 Å². The minimum Gasteiger partial charge on any atom is -0.389 e. The van der Waals surface area contributed by atoms with E-state index in [4.69, 9.17) is 11.6 Å². The number of hydrogen-bond acceptors (Lipinski definition) is 3. The molecule has 19 heavy (non-hydrogen) atoms. The first-order valence-electron chi connectivity index (χ1n) is 6.84. The number of nitrogens with one attached hydrogen (secondary N) is 1. The molecule has 0 fully saturated rings. The van der Waals surface area contributed by atoms with Crippen molar-refractivity contribution in [3.8, 4) is 0 Å². The smallest absolute Gasteiger partial charge is 0.131 e. The van der Waals surface area contributed by atoms with Crippen molar-refractivity contribution in [2.45, 2.75) is 52.7 Å². The SMILES string of the molecule is Cc1nn(C)c(Cl)c1CNCC(C)(O)CCC(C)C. The molecule has 2 N–H and O–H groups in total. The maximum Gasteiger partial charge on any atom is 0.131 e. The summed E-state index contributed by atoms with van der Waals surface area (Å²) in [6.07, 6.45) is 1.83. The van der Waals surface area contributed by atoms with Gasteiger partial charge in [-0.15, -0.1) is 0 Å². The molecular weight excluding hydrogens is 262 g/mol. The molecule has 0 bridgehead atoms. The highest BCUT2D eigenvalue weighted by Gasteiger charge is 2.20. The van der Waals surface area contributed by atoms with E-state index < -0.39 is 5.60 Å². The Morgan fingerprint density at radius 3 is 2.58 bits per heavy atom. The van der Waals surface area contributed by atoms with Gasteiger partial charge in [0.25, 0.3) is 0 Å². The average molecular weight is 288 g/mol. The second-order valence-electron chi connectivity index (χ2n) is 6.01. The molecule has 0 aliphatic rings. The van der Waals surface area contributed by atoms with E-state index in [2.05, 4.69) is 24.3 Å². The third kappa shape index (κ3) is 5.13. The number of halogens is 1. The maximum atomic E-state index is 10.3. The van der Waals surface area contributed by atoms with Gasteiger partial charge in [-0.25, -0.2) is 0 Å². The number of rotatable bonds is 7. The van der Waals surface area contributed by atoms with Crippen molar-refractivity contribution in [1.29, 1.82) is 0 Å². The molecule has 5 heteroatoms. The summed E-state index contributed by atoms with van der Waals surface area (Å²) in [4.78, 5) is 0. The lowest BCUT2D eigenvalue weighted by molar-refractivity contribution is 0.0451. The van der Waals surface area contributed by atoms with Crippen molar-refractivity contribution < 1.29 is 5.11 Å². The van der Waals surface area contributed by atoms with Gasteiger partial charge in [0.2, 0.25) is 0 Å². The van der Waals surface area contributed by atoms with Gasteiger partial charge in [-0.05, 0) is 32.6 Å². The van der Waals surface area contributed by atoms with Crippen LogP contribution in [0.15, 0.2) is 0 Å². The van der Waals surface area contributed by atoms with Crippen LogP contribution in [-0.4, -0.2) is 27.0 Å². The fraction of sp³-hybridized carbons (Fsp3) is 0.786. The van der Waals surface area contributed by atoms with Crippen LogP contribution in [0.5, 0.6) is 0 Å². The molecule has 110 valence electrons. The van der Waals surface area contributed by atoms with Gasteiger partial charge in [-0.1, -0.05) is 25.4 Å². The first-order valence-corrected chi connectivity index (χ1v) is 7.22. The monoisotopic (exact) mass is 287 g/mol. The molecule has 0 aliphatic carbocycles. The van der Waals surface area contributed by atoms with Gasteiger partial charge in [0.1, 0.15) is 5.15 Å². The fourth-order valence-corrected chi connectivity index (χ4v) is 2.26. The second kappa shape index (κ2) is 6.73. The van der Waals surface area contributed by atoms with Gasteiger partial charge in [-0.2, -0.15) is 5.10 Å². The van der Waals surface area contributed by atoms with Crippen LogP contribution in [0.25, 0.3) is 0 Å². The van der Waals surface area contributed by atoms with E-state index in [9.17, 15) is 5.11 Å². The molecule has 0 aromatic carbocycles. The van der Waals surface area contributed by atoms with Crippen molar-refractivity contribution in [3.05, 3.63) is 16.4 Å². The highest BCUT2D eigenvalue weighted by molar-refractivity contribution is 6.30. The van der Waals surface area contributed by atoms with Crippen LogP contribution in [0, 0.1) is 12.8 Å². The Kier molecular flexibility index (Phi) is 5.83. The van der Waals surface area contributed by atoms with Crippen LogP contribution in [0.2, 0.25) is 5.15 Å². The van der Waals surface area contributed by atoms with Gasteiger partial charge >= 0.3 is 0 Å². The predicted octanol–water partition coefficient (Wildman–Crippen LogP) is 2.66. The maximum absolute atomic E-state index is 10.3. The first kappa shape index (κ1) is 16.5. The Morgan fingerprint density at radius 2 is 2.11 bits per heavy atom. The molecule has 0 radical (unpaired) electrons. The van der Waals surface area contributed by atoms with E-state index in [-0.39, 0.29) is 0 Å². The fourth-order valence-electron chi connectivity index (χ4n) is 2.02. The average Bonchev–Trinajstić information content (AvgIpc) is 2.53. The molecule has 1 aromatic rings. The number of hydrogen-bond donors (Lipinski definition) is 2. The normalized spacial score (nSPS) is 14.9. The van der Waals surface area contributed by atoms with Gasteiger partial charge < -0.3 is 10.4 Å². The van der Waals surface area contributed by atoms with Crippen molar-refractivity contribution >= 4 is 11.6 Å². The molecule has 1 unspecified atom stereocenters. The first-order chi connectivity index (χ1) is 8.73. The number of nitrogens with zero attached hydrogens (tertiary/aromatic N) is 2. The zero-order chi connectivity index (χ0) is 14.6. The van der Waals surface area contributed by atoms with Gasteiger partial charge in [0, 0.05) is 25.7 Å². The third-order valence-corrected chi connectivity index (χ3v) is 3.81. The van der Waals surface area contributed by atoms with Crippen molar-refractivity contribution in [2.24, 2.45) is 13.0 Å². The second-order valence-corrected chi connectivity index (χ2v) is 6.37. The zero-order valence-electron chi connectivity index (χ0n) is 12.6. The lowest BCUT2D eigenvalue weighted by atomic mass is 9.95. The summed E-state index contributed by atoms with van der Waals surface area (Å²) in [5, 5.41) is 18.5. The van der Waals surface area contributed by atoms with Gasteiger partial charge in [0.05, 0.1) is 11.3 Å². The van der Waals surface area contributed by atoms with Crippen LogP contribution in [-0.2, 0) is 13.6 Å². The van der Waals surface area contributed by atoms with Gasteiger partial charge in [-0.3, -0.25) is 4.68 Å². The molecule has 0 saturated heterocycles. The zero-order valence-corrected chi connectivity index (χ0v) is 13.4. The molecule has 1 heterocycles. The van der Waals surface area contributed by atoms with E-state index in [1.165, 1.54) is 0 Å². The summed E-state index contributed by atoms with van der Waals surface area (Å²) < 4.78 is 1.67. The molecule has 1 atom stereocenters. The molecule has 4 nitrogen and oxygen atoms in total. The van der Waals surface area contributed by atoms with Crippen molar-refractivity contribution in [2.75, 3.05) is 6.54 Å². The summed E-state index contributed by atoms with van der Waals surface area (Å²) in [6, 6.07) is 0. The van der Waals surface area contributed by atoms with Crippen LogP contribution < -0.4 is 5.32 Å². The predicted molar refractivity (Wildman–Crippen MR) is 79.4 cm³/mol. The summed E-state index contributed by atoms with van der Waals surface area (Å²) in [6.45, 7) is 9.35. The standard InChI is InChI=1S/C14H26ClN3O/c1-10(2)6-7-14(4,19)9-16-8-12-11(3)17-18(5)13(12)15/h10,16,19H,6-9H2,1-5H3. The molecule has 0 spiro atoms. The lowest BCUT2D eigenvalue weighted by Crippen LogP contribution is -2.37. The van der Waals surface area contributed by atoms with E-state index >= 15 is 0 Å². The Labute approximate surface area is 121 Å². The summed E-state index contributed by atoms with van der Waals surface area (Å²) >= 11 is 6.16. The summed E-state index contributed by atoms with van der Waals surface area (Å²) in [5.41, 5.74) is 1.26. The lowest BCUT2D eigenvalue weighted by Gasteiger charge is -2.24. The summed E-state index contributed by atoms with van der Waals surface area (Å²) in [5.74, 6) is 0.612. The Balaban J connectivity index is 2.45. The highest BCUT2D eigenvalue weighted by atomic mass is 35.5. The molecular formula is C14H26ClN3O. The molecule has 0 aliphatic heterocycles. The van der Waals surface area contributed by atoms with Crippen molar-refractivity contribution in [3.63, 3.8) is 0 Å². The molecule has 0 amide bonds. The Morgan fingerprint density at radius 1 is 1.47 bits per heavy atom. The highest BCUT2D eigenvalue weighted by Crippen LogP contribution is 2.19. The number of aliphatic hydroxyl groups is 1. The minimum atomic E-state index is -0.674. The largest absolute Gasteiger partial charge is 0.389 e. The van der Waals surface area contributed by atoms with E-state index in [1.807, 2.05) is 20.9 Å². The Hall–Kier alpha value is -0.580. The molecule has 0 saturated carbocycles. The van der Waals surface area contributed by atoms with E-state index in [0.717, 1.165) is 24.1 Å².